The number of nitrogens with zero attached hydrogens (tertiary/aromatic N) is 2. The van der Waals surface area contributed by atoms with Gasteiger partial charge in [0.05, 0.1) is 12.1 Å². The van der Waals surface area contributed by atoms with E-state index in [1.54, 1.807) is 0 Å². The largest absolute Gasteiger partial charge is 0.367 e. The van der Waals surface area contributed by atoms with Gasteiger partial charge in [0, 0.05) is 34.9 Å². The van der Waals surface area contributed by atoms with Crippen LogP contribution in [0, 0.1) is 5.92 Å². The van der Waals surface area contributed by atoms with Gasteiger partial charge in [-0.2, -0.15) is 0 Å². The second-order valence-electron chi connectivity index (χ2n) is 7.20. The first-order valence-electron chi connectivity index (χ1n) is 9.14. The van der Waals surface area contributed by atoms with Gasteiger partial charge in [0.25, 0.3) is 5.91 Å². The molecule has 1 aromatic heterocycles. The lowest BCUT2D eigenvalue weighted by molar-refractivity contribution is -0.123. The molecule has 26 heavy (non-hydrogen) atoms. The number of amides is 1. The second kappa shape index (κ2) is 6.22. The molecule has 0 spiro atoms. The molecule has 2 aromatic carbocycles. The summed E-state index contributed by atoms with van der Waals surface area (Å²) in [5, 5.41) is 1.13. The number of hydrogen-bond donors (Lipinski definition) is 0. The summed E-state index contributed by atoms with van der Waals surface area (Å²) in [6, 6.07) is 16.6. The SMILES string of the molecule is O=C1COCc2cc(-c3cnc4ccccc4c3)ccc2N1CC1CC1. The molecule has 1 fully saturated rings. The van der Waals surface area contributed by atoms with E-state index in [2.05, 4.69) is 35.3 Å². The molecule has 3 aromatic rings. The van der Waals surface area contributed by atoms with E-state index in [4.69, 9.17) is 4.74 Å². The second-order valence-corrected chi connectivity index (χ2v) is 7.20. The number of ether oxygens (including phenoxy) is 1. The molecule has 1 saturated carbocycles. The zero-order chi connectivity index (χ0) is 17.5. The number of para-hydroxylation sites is 1. The van der Waals surface area contributed by atoms with E-state index in [0.29, 0.717) is 12.5 Å². The van der Waals surface area contributed by atoms with Gasteiger partial charge in [-0.3, -0.25) is 9.78 Å². The van der Waals surface area contributed by atoms with Crippen molar-refractivity contribution in [3.63, 3.8) is 0 Å². The van der Waals surface area contributed by atoms with Gasteiger partial charge < -0.3 is 9.64 Å². The lowest BCUT2D eigenvalue weighted by Gasteiger charge is -2.22. The van der Waals surface area contributed by atoms with Gasteiger partial charge in [-0.1, -0.05) is 24.3 Å². The standard InChI is InChI=1S/C22H20N2O2/c25-22-14-26-13-19-9-16(7-8-21(19)24(22)12-15-5-6-15)18-10-17-3-1-2-4-20(17)23-11-18/h1-4,7-11,15H,5-6,12-14H2. The van der Waals surface area contributed by atoms with Crippen molar-refractivity contribution >= 4 is 22.5 Å². The first-order chi connectivity index (χ1) is 12.8. The maximum atomic E-state index is 12.4. The average molecular weight is 344 g/mol. The summed E-state index contributed by atoms with van der Waals surface area (Å²) in [5.41, 5.74) is 5.25. The van der Waals surface area contributed by atoms with E-state index in [1.807, 2.05) is 29.3 Å². The number of anilines is 1. The summed E-state index contributed by atoms with van der Waals surface area (Å²) in [6.07, 6.45) is 4.36. The molecule has 0 unspecified atom stereocenters. The van der Waals surface area contributed by atoms with Gasteiger partial charge in [-0.05, 0) is 48.6 Å². The highest BCUT2D eigenvalue weighted by Gasteiger charge is 2.30. The Balaban J connectivity index is 1.54. The average Bonchev–Trinajstić information content (AvgIpc) is 3.51. The van der Waals surface area contributed by atoms with Crippen LogP contribution in [0.25, 0.3) is 22.0 Å². The minimum absolute atomic E-state index is 0.0655. The fourth-order valence-electron chi connectivity index (χ4n) is 3.59. The van der Waals surface area contributed by atoms with Crippen LogP contribution in [0.1, 0.15) is 18.4 Å². The molecule has 0 N–H and O–H groups in total. The van der Waals surface area contributed by atoms with Crippen molar-refractivity contribution < 1.29 is 9.53 Å². The first-order valence-corrected chi connectivity index (χ1v) is 9.14. The van der Waals surface area contributed by atoms with E-state index in [1.165, 1.54) is 12.8 Å². The summed E-state index contributed by atoms with van der Waals surface area (Å²) in [6.45, 7) is 1.44. The number of rotatable bonds is 3. The third-order valence-electron chi connectivity index (χ3n) is 5.22. The Labute approximate surface area is 152 Å². The van der Waals surface area contributed by atoms with Crippen LogP contribution in [0.3, 0.4) is 0 Å². The molecule has 5 rings (SSSR count). The molecule has 4 nitrogen and oxygen atoms in total. The van der Waals surface area contributed by atoms with Gasteiger partial charge in [0.2, 0.25) is 0 Å². The van der Waals surface area contributed by atoms with Gasteiger partial charge in [0.1, 0.15) is 6.61 Å². The third kappa shape index (κ3) is 2.86. The number of carbonyl (C=O) groups is 1. The highest BCUT2D eigenvalue weighted by atomic mass is 16.5. The third-order valence-corrected chi connectivity index (χ3v) is 5.22. The molecular formula is C22H20N2O2. The van der Waals surface area contributed by atoms with Crippen molar-refractivity contribution in [3.05, 3.63) is 60.3 Å². The van der Waals surface area contributed by atoms with E-state index < -0.39 is 0 Å². The van der Waals surface area contributed by atoms with Gasteiger partial charge in [0.15, 0.2) is 0 Å². The molecule has 0 atom stereocenters. The number of benzene rings is 2. The number of carbonyl (C=O) groups excluding carboxylic acids is 1. The number of hydrogen-bond acceptors (Lipinski definition) is 3. The maximum absolute atomic E-state index is 12.4. The molecule has 1 aliphatic heterocycles. The molecule has 4 heteroatoms. The minimum atomic E-state index is 0.0655. The smallest absolute Gasteiger partial charge is 0.253 e. The molecule has 0 radical (unpaired) electrons. The van der Waals surface area contributed by atoms with E-state index in [-0.39, 0.29) is 12.5 Å². The van der Waals surface area contributed by atoms with Crippen LogP contribution < -0.4 is 4.90 Å². The van der Waals surface area contributed by atoms with Gasteiger partial charge in [-0.15, -0.1) is 0 Å². The Morgan fingerprint density at radius 2 is 1.92 bits per heavy atom. The van der Waals surface area contributed by atoms with Crippen LogP contribution in [-0.2, 0) is 16.1 Å². The van der Waals surface area contributed by atoms with Crippen LogP contribution in [0.4, 0.5) is 5.69 Å². The molecule has 2 heterocycles. The highest BCUT2D eigenvalue weighted by Crippen LogP contribution is 2.35. The summed E-state index contributed by atoms with van der Waals surface area (Å²) in [7, 11) is 0. The minimum Gasteiger partial charge on any atom is -0.367 e. The normalized spacial score (nSPS) is 17.2. The van der Waals surface area contributed by atoms with E-state index in [0.717, 1.165) is 39.8 Å². The van der Waals surface area contributed by atoms with Crippen LogP contribution in [0.15, 0.2) is 54.7 Å². The van der Waals surface area contributed by atoms with Crippen LogP contribution in [0.5, 0.6) is 0 Å². The number of aromatic nitrogens is 1. The predicted octanol–water partition coefficient (Wildman–Crippen LogP) is 4.18. The number of pyridine rings is 1. The summed E-state index contributed by atoms with van der Waals surface area (Å²) < 4.78 is 5.62. The Bertz CT molecular complexity index is 994. The summed E-state index contributed by atoms with van der Waals surface area (Å²) in [5.74, 6) is 0.713. The van der Waals surface area contributed by atoms with Crippen LogP contribution >= 0.6 is 0 Å². The van der Waals surface area contributed by atoms with Crippen molar-refractivity contribution in [2.24, 2.45) is 5.92 Å². The quantitative estimate of drug-likeness (QED) is 0.716. The Morgan fingerprint density at radius 3 is 2.81 bits per heavy atom. The lowest BCUT2D eigenvalue weighted by atomic mass is 10.0. The first kappa shape index (κ1) is 15.5. The van der Waals surface area contributed by atoms with Crippen molar-refractivity contribution in [1.29, 1.82) is 0 Å². The van der Waals surface area contributed by atoms with E-state index in [9.17, 15) is 4.79 Å². The van der Waals surface area contributed by atoms with Crippen molar-refractivity contribution in [1.82, 2.24) is 4.98 Å². The lowest BCUT2D eigenvalue weighted by Crippen LogP contribution is -2.34. The summed E-state index contributed by atoms with van der Waals surface area (Å²) >= 11 is 0. The topological polar surface area (TPSA) is 42.4 Å². The molecule has 0 bridgehead atoms. The van der Waals surface area contributed by atoms with Gasteiger partial charge >= 0.3 is 0 Å². The molecule has 1 amide bonds. The van der Waals surface area contributed by atoms with Crippen molar-refractivity contribution in [2.45, 2.75) is 19.4 Å². The monoisotopic (exact) mass is 344 g/mol. The zero-order valence-electron chi connectivity index (χ0n) is 14.5. The fourth-order valence-corrected chi connectivity index (χ4v) is 3.59. The fraction of sp³-hybridized carbons (Fsp3) is 0.273. The number of fused-ring (bicyclic) bond motifs is 2. The molecular weight excluding hydrogens is 324 g/mol. The zero-order valence-corrected chi connectivity index (χ0v) is 14.5. The molecule has 0 saturated heterocycles. The molecule has 130 valence electrons. The van der Waals surface area contributed by atoms with E-state index >= 15 is 0 Å². The summed E-state index contributed by atoms with van der Waals surface area (Å²) in [4.78, 5) is 18.9. The molecule has 1 aliphatic carbocycles. The van der Waals surface area contributed by atoms with Crippen LogP contribution in [-0.4, -0.2) is 24.0 Å². The van der Waals surface area contributed by atoms with Crippen molar-refractivity contribution in [3.8, 4) is 11.1 Å². The maximum Gasteiger partial charge on any atom is 0.253 e. The predicted molar refractivity (Wildman–Crippen MR) is 102 cm³/mol. The van der Waals surface area contributed by atoms with Gasteiger partial charge in [-0.25, -0.2) is 0 Å². The Kier molecular flexibility index (Phi) is 3.71. The Morgan fingerprint density at radius 1 is 1.04 bits per heavy atom. The molecule has 2 aliphatic rings. The van der Waals surface area contributed by atoms with Crippen molar-refractivity contribution in [2.75, 3.05) is 18.1 Å². The highest BCUT2D eigenvalue weighted by molar-refractivity contribution is 5.96. The Hall–Kier alpha value is -2.72. The van der Waals surface area contributed by atoms with Crippen LogP contribution in [0.2, 0.25) is 0 Å².